The summed E-state index contributed by atoms with van der Waals surface area (Å²) in [6.45, 7) is 2.67. The summed E-state index contributed by atoms with van der Waals surface area (Å²) in [5, 5.41) is 12.5. The molecule has 2 aromatic heterocycles. The van der Waals surface area contributed by atoms with E-state index in [9.17, 15) is 4.79 Å². The Labute approximate surface area is 159 Å². The van der Waals surface area contributed by atoms with Crippen LogP contribution in [0.4, 0.5) is 0 Å². The summed E-state index contributed by atoms with van der Waals surface area (Å²) < 4.78 is 1.69. The van der Waals surface area contributed by atoms with Gasteiger partial charge >= 0.3 is 0 Å². The summed E-state index contributed by atoms with van der Waals surface area (Å²) in [5.74, 6) is 0.196. The third-order valence-corrected chi connectivity index (χ3v) is 5.13. The summed E-state index contributed by atoms with van der Waals surface area (Å²) in [6.07, 6.45) is 2.49. The van der Waals surface area contributed by atoms with Crippen molar-refractivity contribution in [2.24, 2.45) is 0 Å². The standard InChI is InChI=1S/C17H16Cl2N4OS/c1-11-4-2-3-5-12(11)6-7-20-15(24)10-25-17-22-21-16-14(19)8-13(18)9-23(16)17/h2-5,8-9H,6-7,10H2,1H3,(H,20,24). The van der Waals surface area contributed by atoms with Crippen LogP contribution in [0.15, 0.2) is 41.7 Å². The smallest absolute Gasteiger partial charge is 0.230 e. The van der Waals surface area contributed by atoms with Gasteiger partial charge in [0.05, 0.1) is 15.8 Å². The molecule has 3 rings (SSSR count). The SMILES string of the molecule is Cc1ccccc1CCNC(=O)CSc1nnc2c(Cl)cc(Cl)cn12. The summed E-state index contributed by atoms with van der Waals surface area (Å²) in [7, 11) is 0. The van der Waals surface area contributed by atoms with E-state index in [1.165, 1.54) is 22.9 Å². The van der Waals surface area contributed by atoms with Gasteiger partial charge < -0.3 is 5.32 Å². The minimum atomic E-state index is -0.0524. The highest BCUT2D eigenvalue weighted by atomic mass is 35.5. The third kappa shape index (κ3) is 4.45. The number of aryl methyl sites for hydroxylation is 1. The van der Waals surface area contributed by atoms with Crippen molar-refractivity contribution in [3.8, 4) is 0 Å². The lowest BCUT2D eigenvalue weighted by Crippen LogP contribution is -2.27. The normalized spacial score (nSPS) is 11.0. The molecular weight excluding hydrogens is 379 g/mol. The van der Waals surface area contributed by atoms with E-state index in [1.54, 1.807) is 16.7 Å². The molecule has 0 bridgehead atoms. The highest BCUT2D eigenvalue weighted by molar-refractivity contribution is 7.99. The number of pyridine rings is 1. The molecule has 0 fully saturated rings. The fourth-order valence-corrected chi connectivity index (χ4v) is 3.66. The van der Waals surface area contributed by atoms with E-state index >= 15 is 0 Å². The van der Waals surface area contributed by atoms with Gasteiger partial charge in [-0.1, -0.05) is 59.2 Å². The topological polar surface area (TPSA) is 59.3 Å². The van der Waals surface area contributed by atoms with Crippen LogP contribution in [0, 0.1) is 6.92 Å². The number of amides is 1. The predicted octanol–water partition coefficient (Wildman–Crippen LogP) is 3.80. The molecule has 0 atom stereocenters. The largest absolute Gasteiger partial charge is 0.355 e. The van der Waals surface area contributed by atoms with E-state index in [0.29, 0.717) is 27.4 Å². The van der Waals surface area contributed by atoms with Gasteiger partial charge in [0, 0.05) is 12.7 Å². The molecule has 0 radical (unpaired) electrons. The Bertz CT molecular complexity index is 913. The Morgan fingerprint density at radius 1 is 1.28 bits per heavy atom. The Hall–Kier alpha value is -1.76. The maximum atomic E-state index is 12.0. The van der Waals surface area contributed by atoms with Gasteiger partial charge in [-0.2, -0.15) is 0 Å². The molecule has 1 aromatic carbocycles. The second kappa shape index (κ2) is 8.08. The Kier molecular flexibility index (Phi) is 5.83. The molecule has 0 saturated heterocycles. The zero-order valence-corrected chi connectivity index (χ0v) is 15.8. The van der Waals surface area contributed by atoms with E-state index in [1.807, 2.05) is 12.1 Å². The number of carbonyl (C=O) groups is 1. The van der Waals surface area contributed by atoms with Crippen LogP contribution < -0.4 is 5.32 Å². The van der Waals surface area contributed by atoms with E-state index in [4.69, 9.17) is 23.2 Å². The zero-order chi connectivity index (χ0) is 17.8. The second-order valence-electron chi connectivity index (χ2n) is 5.50. The molecule has 130 valence electrons. The number of nitrogens with zero attached hydrogens (tertiary/aromatic N) is 3. The molecular formula is C17H16Cl2N4OS. The number of rotatable bonds is 6. The number of benzene rings is 1. The number of halogens is 2. The second-order valence-corrected chi connectivity index (χ2v) is 7.28. The van der Waals surface area contributed by atoms with Crippen molar-refractivity contribution in [3.05, 3.63) is 57.7 Å². The molecule has 0 spiro atoms. The number of thioether (sulfide) groups is 1. The molecule has 0 aliphatic rings. The number of nitrogens with one attached hydrogen (secondary N) is 1. The fourth-order valence-electron chi connectivity index (χ4n) is 2.41. The van der Waals surface area contributed by atoms with Crippen LogP contribution in [0.5, 0.6) is 0 Å². The molecule has 1 N–H and O–H groups in total. The fraction of sp³-hybridized carbons (Fsp3) is 0.235. The van der Waals surface area contributed by atoms with Crippen LogP contribution >= 0.6 is 35.0 Å². The van der Waals surface area contributed by atoms with Crippen molar-refractivity contribution in [2.75, 3.05) is 12.3 Å². The average Bonchev–Trinajstić information content (AvgIpc) is 2.98. The lowest BCUT2D eigenvalue weighted by Gasteiger charge is -2.07. The lowest BCUT2D eigenvalue weighted by atomic mass is 10.1. The number of hydrogen-bond donors (Lipinski definition) is 1. The van der Waals surface area contributed by atoms with Crippen LogP contribution in [0.3, 0.4) is 0 Å². The van der Waals surface area contributed by atoms with Crippen LogP contribution in [-0.4, -0.2) is 32.8 Å². The summed E-state index contributed by atoms with van der Waals surface area (Å²) in [4.78, 5) is 12.0. The molecule has 2 heterocycles. The molecule has 3 aromatic rings. The van der Waals surface area contributed by atoms with E-state index in [0.717, 1.165) is 6.42 Å². The summed E-state index contributed by atoms with van der Waals surface area (Å²) >= 11 is 13.4. The number of fused-ring (bicyclic) bond motifs is 1. The first-order chi connectivity index (χ1) is 12.0. The molecule has 0 unspecified atom stereocenters. The molecule has 5 nitrogen and oxygen atoms in total. The highest BCUT2D eigenvalue weighted by Gasteiger charge is 2.12. The van der Waals surface area contributed by atoms with Gasteiger partial charge in [0.1, 0.15) is 0 Å². The maximum Gasteiger partial charge on any atom is 0.230 e. The molecule has 25 heavy (non-hydrogen) atoms. The molecule has 8 heteroatoms. The summed E-state index contributed by atoms with van der Waals surface area (Å²) in [5.41, 5.74) is 2.99. The first-order valence-electron chi connectivity index (χ1n) is 7.68. The average molecular weight is 395 g/mol. The number of aromatic nitrogens is 3. The van der Waals surface area contributed by atoms with Crippen molar-refractivity contribution in [1.29, 1.82) is 0 Å². The Balaban J connectivity index is 1.53. The van der Waals surface area contributed by atoms with E-state index < -0.39 is 0 Å². The molecule has 0 aliphatic heterocycles. The third-order valence-electron chi connectivity index (χ3n) is 3.71. The molecule has 0 aliphatic carbocycles. The zero-order valence-electron chi connectivity index (χ0n) is 13.5. The highest BCUT2D eigenvalue weighted by Crippen LogP contribution is 2.25. The molecule has 0 saturated carbocycles. The van der Waals surface area contributed by atoms with Gasteiger partial charge in [-0.3, -0.25) is 9.20 Å². The first-order valence-corrected chi connectivity index (χ1v) is 9.42. The van der Waals surface area contributed by atoms with Gasteiger partial charge in [-0.05, 0) is 30.5 Å². The first kappa shape index (κ1) is 18.0. The van der Waals surface area contributed by atoms with Gasteiger partial charge in [-0.15, -0.1) is 10.2 Å². The van der Waals surface area contributed by atoms with Crippen LogP contribution in [0.25, 0.3) is 5.65 Å². The van der Waals surface area contributed by atoms with Crippen LogP contribution in [0.2, 0.25) is 10.0 Å². The van der Waals surface area contributed by atoms with Crippen molar-refractivity contribution >= 4 is 46.5 Å². The maximum absolute atomic E-state index is 12.0. The van der Waals surface area contributed by atoms with Crippen molar-refractivity contribution in [3.63, 3.8) is 0 Å². The monoisotopic (exact) mass is 394 g/mol. The summed E-state index contributed by atoms with van der Waals surface area (Å²) in [6, 6.07) is 9.77. The Morgan fingerprint density at radius 3 is 2.88 bits per heavy atom. The predicted molar refractivity (Wildman–Crippen MR) is 102 cm³/mol. The molecule has 1 amide bonds. The Morgan fingerprint density at radius 2 is 2.08 bits per heavy atom. The van der Waals surface area contributed by atoms with Crippen molar-refractivity contribution in [1.82, 2.24) is 19.9 Å². The lowest BCUT2D eigenvalue weighted by molar-refractivity contribution is -0.118. The number of carbonyl (C=O) groups excluding carboxylic acids is 1. The number of hydrogen-bond acceptors (Lipinski definition) is 4. The van der Waals surface area contributed by atoms with Crippen molar-refractivity contribution < 1.29 is 4.79 Å². The van der Waals surface area contributed by atoms with Gasteiger partial charge in [-0.25, -0.2) is 0 Å². The van der Waals surface area contributed by atoms with Gasteiger partial charge in [0.2, 0.25) is 5.91 Å². The minimum Gasteiger partial charge on any atom is -0.355 e. The van der Waals surface area contributed by atoms with Gasteiger partial charge in [0.15, 0.2) is 10.8 Å². The van der Waals surface area contributed by atoms with E-state index in [-0.39, 0.29) is 11.7 Å². The van der Waals surface area contributed by atoms with Gasteiger partial charge in [0.25, 0.3) is 0 Å². The van der Waals surface area contributed by atoms with Crippen LogP contribution in [0.1, 0.15) is 11.1 Å². The van der Waals surface area contributed by atoms with E-state index in [2.05, 4.69) is 34.6 Å². The quantitative estimate of drug-likeness (QED) is 0.645. The van der Waals surface area contributed by atoms with Crippen LogP contribution in [-0.2, 0) is 11.2 Å². The minimum absolute atomic E-state index is 0.0524. The van der Waals surface area contributed by atoms with Crippen molar-refractivity contribution in [2.45, 2.75) is 18.5 Å².